The van der Waals surface area contributed by atoms with E-state index in [1.54, 1.807) is 91.0 Å². The first-order valence-corrected chi connectivity index (χ1v) is 23.9. The predicted octanol–water partition coefficient (Wildman–Crippen LogP) is -1.48. The van der Waals surface area contributed by atoms with Gasteiger partial charge in [-0.2, -0.15) is 0 Å². The van der Waals surface area contributed by atoms with E-state index in [0.29, 0.717) is 36.0 Å². The quantitative estimate of drug-likeness (QED) is 0.0588. The minimum atomic E-state index is -1.60. The van der Waals surface area contributed by atoms with Crippen molar-refractivity contribution in [3.63, 3.8) is 0 Å². The Morgan fingerprint density at radius 2 is 1.00 bits per heavy atom. The third-order valence-electron chi connectivity index (χ3n) is 12.8. The van der Waals surface area contributed by atoms with Gasteiger partial charge in [0.2, 0.25) is 53.2 Å². The Hall–Kier alpha value is -7.84. The molecule has 0 bridgehead atoms. The summed E-state index contributed by atoms with van der Waals surface area (Å²) in [6.45, 7) is -0.119. The fraction of sp³-hybridized carbons (Fsp3) is 0.440. The standard InChI is InChI=1S/C50H64N12O9/c1-60-30-42(64)55-37(28-33-18-9-4-10-19-33)48(70)62-25-13-22-40(62)49(71)61-24-12-21-39(61)46(68)56-34(20-11-23-54-50(52)53)43(65)57-35(26-31-14-5-2-6-15-31)44(66)58-36(27-32-16-7-3-8-17-32)45(67)59-38(47(60)69)29-41(51)63/h2-10,14-19,34-40H,11-13,20-30H2,1H3,(H2,51,63)(H,55,64)(H,56,68)(H,57,65)(H,58,66)(H,59,67)(H4,52,53,54)/t34-,35-,36-,37-,38-,39-,40+/m0/s1. The van der Waals surface area contributed by atoms with E-state index in [2.05, 4.69) is 31.6 Å². The molecule has 0 aliphatic carbocycles. The highest BCUT2D eigenvalue weighted by atomic mass is 16.2. The van der Waals surface area contributed by atoms with Crippen LogP contribution in [0.3, 0.4) is 0 Å². The van der Waals surface area contributed by atoms with Crippen molar-refractivity contribution in [2.24, 2.45) is 22.2 Å². The Balaban J connectivity index is 1.39. The third kappa shape index (κ3) is 14.8. The zero-order chi connectivity index (χ0) is 51.0. The predicted molar refractivity (Wildman–Crippen MR) is 261 cm³/mol. The number of hydrogen-bond acceptors (Lipinski definition) is 10. The van der Waals surface area contributed by atoms with E-state index in [1.807, 2.05) is 0 Å². The molecule has 3 aliphatic heterocycles. The minimum absolute atomic E-state index is 0.0108. The molecule has 11 N–H and O–H groups in total. The number of fused-ring (bicyclic) bond motifs is 2. The first kappa shape index (κ1) is 52.5. The second kappa shape index (κ2) is 25.1. The van der Waals surface area contributed by atoms with E-state index < -0.39 is 108 Å². The molecule has 71 heavy (non-hydrogen) atoms. The van der Waals surface area contributed by atoms with Crippen molar-refractivity contribution in [3.8, 4) is 0 Å². The molecule has 3 heterocycles. The van der Waals surface area contributed by atoms with Gasteiger partial charge in [0.05, 0.1) is 13.0 Å². The Labute approximate surface area is 412 Å². The van der Waals surface area contributed by atoms with Crippen molar-refractivity contribution in [1.82, 2.24) is 41.3 Å². The van der Waals surface area contributed by atoms with Crippen molar-refractivity contribution >= 4 is 59.1 Å². The maximum atomic E-state index is 14.6. The summed E-state index contributed by atoms with van der Waals surface area (Å²) < 4.78 is 0. The highest BCUT2D eigenvalue weighted by molar-refractivity contribution is 5.99. The lowest BCUT2D eigenvalue weighted by Crippen LogP contribution is -2.61. The number of likely N-dealkylation sites (N-methyl/N-ethyl adjacent to an activating group) is 1. The number of nitrogens with one attached hydrogen (secondary N) is 5. The molecule has 0 aromatic heterocycles. The van der Waals surface area contributed by atoms with Gasteiger partial charge >= 0.3 is 0 Å². The second-order valence-corrected chi connectivity index (χ2v) is 18.1. The molecular weight excluding hydrogens is 913 g/mol. The molecule has 21 heteroatoms. The minimum Gasteiger partial charge on any atom is -0.370 e. The molecule has 9 amide bonds. The number of nitrogens with zero attached hydrogens (tertiary/aromatic N) is 4. The van der Waals surface area contributed by atoms with Gasteiger partial charge in [-0.15, -0.1) is 0 Å². The van der Waals surface area contributed by atoms with Crippen LogP contribution in [0.2, 0.25) is 0 Å². The molecule has 378 valence electrons. The van der Waals surface area contributed by atoms with Gasteiger partial charge in [-0.1, -0.05) is 91.0 Å². The maximum Gasteiger partial charge on any atom is 0.246 e. The molecule has 3 aromatic rings. The van der Waals surface area contributed by atoms with E-state index in [-0.39, 0.29) is 64.1 Å². The van der Waals surface area contributed by atoms with Crippen LogP contribution in [0.5, 0.6) is 0 Å². The molecule has 3 aliphatic rings. The summed E-state index contributed by atoms with van der Waals surface area (Å²) in [6, 6.07) is 17.6. The number of benzene rings is 3. The van der Waals surface area contributed by atoms with Crippen molar-refractivity contribution in [2.75, 3.05) is 33.2 Å². The summed E-state index contributed by atoms with van der Waals surface area (Å²) in [7, 11) is 1.28. The van der Waals surface area contributed by atoms with E-state index in [0.717, 1.165) is 4.90 Å². The van der Waals surface area contributed by atoms with Crippen LogP contribution in [-0.4, -0.2) is 149 Å². The number of rotatable bonds is 12. The van der Waals surface area contributed by atoms with E-state index in [1.165, 1.54) is 16.8 Å². The van der Waals surface area contributed by atoms with Crippen LogP contribution in [0.4, 0.5) is 0 Å². The van der Waals surface area contributed by atoms with Gasteiger partial charge in [0.15, 0.2) is 5.96 Å². The van der Waals surface area contributed by atoms with Crippen LogP contribution in [0.25, 0.3) is 0 Å². The highest BCUT2D eigenvalue weighted by Crippen LogP contribution is 2.26. The largest absolute Gasteiger partial charge is 0.370 e. The SMILES string of the molecule is CN1CC(=O)N[C@@H](Cc2ccccc2)C(=O)N2CCC[C@@H]2C(=O)N2CCC[C@H]2C(=O)N[C@@H](CCCN=C(N)N)C(=O)N[C@@H](Cc2ccccc2)C(=O)N[C@@H](Cc2ccccc2)C(=O)N[C@@H](CC(N)=O)C1=O. The topological polar surface area (TPSA) is 314 Å². The lowest BCUT2D eigenvalue weighted by atomic mass is 10.0. The van der Waals surface area contributed by atoms with Gasteiger partial charge in [-0.25, -0.2) is 0 Å². The van der Waals surface area contributed by atoms with Gasteiger partial charge in [-0.3, -0.25) is 48.1 Å². The number of primary amides is 1. The fourth-order valence-corrected chi connectivity index (χ4v) is 9.21. The number of nitrogens with two attached hydrogens (primary N) is 3. The molecule has 3 fully saturated rings. The highest BCUT2D eigenvalue weighted by Gasteiger charge is 2.44. The Kier molecular flexibility index (Phi) is 18.6. The van der Waals surface area contributed by atoms with E-state index in [4.69, 9.17) is 17.2 Å². The van der Waals surface area contributed by atoms with Crippen LogP contribution >= 0.6 is 0 Å². The second-order valence-electron chi connectivity index (χ2n) is 18.1. The number of aliphatic imine (C=N–C) groups is 1. The summed E-state index contributed by atoms with van der Waals surface area (Å²) in [4.78, 5) is 135. The van der Waals surface area contributed by atoms with Crippen LogP contribution in [0, 0.1) is 0 Å². The summed E-state index contributed by atoms with van der Waals surface area (Å²) in [6.07, 6.45) is 0.905. The van der Waals surface area contributed by atoms with E-state index in [9.17, 15) is 43.2 Å². The van der Waals surface area contributed by atoms with E-state index >= 15 is 0 Å². The van der Waals surface area contributed by atoms with Gasteiger partial charge in [0, 0.05) is 45.9 Å². The van der Waals surface area contributed by atoms with Gasteiger partial charge in [-0.05, 0) is 55.2 Å². The van der Waals surface area contributed by atoms with Gasteiger partial charge in [0.25, 0.3) is 0 Å². The lowest BCUT2D eigenvalue weighted by Gasteiger charge is -2.33. The smallest absolute Gasteiger partial charge is 0.246 e. The van der Waals surface area contributed by atoms with Crippen molar-refractivity contribution in [3.05, 3.63) is 108 Å². The molecular formula is C50H64N12O9. The van der Waals surface area contributed by atoms with Crippen LogP contribution in [-0.2, 0) is 62.4 Å². The van der Waals surface area contributed by atoms with Crippen molar-refractivity contribution < 1.29 is 43.2 Å². The van der Waals surface area contributed by atoms with Gasteiger partial charge in [0.1, 0.15) is 42.3 Å². The molecule has 0 spiro atoms. The number of hydrogen-bond donors (Lipinski definition) is 8. The van der Waals surface area contributed by atoms with Crippen molar-refractivity contribution in [1.29, 1.82) is 0 Å². The normalized spacial score (nSPS) is 24.4. The molecule has 21 nitrogen and oxygen atoms in total. The number of amides is 9. The van der Waals surface area contributed by atoms with Crippen molar-refractivity contribution in [2.45, 2.75) is 107 Å². The lowest BCUT2D eigenvalue weighted by molar-refractivity contribution is -0.148. The number of carbonyl (C=O) groups is 9. The Morgan fingerprint density at radius 1 is 0.549 bits per heavy atom. The third-order valence-corrected chi connectivity index (χ3v) is 12.8. The average Bonchev–Trinajstić information content (AvgIpc) is 4.05. The molecule has 0 saturated carbocycles. The zero-order valence-corrected chi connectivity index (χ0v) is 39.8. The van der Waals surface area contributed by atoms with Crippen LogP contribution in [0.15, 0.2) is 96.0 Å². The molecule has 0 radical (unpaired) electrons. The summed E-state index contributed by atoms with van der Waals surface area (Å²) >= 11 is 0. The first-order valence-electron chi connectivity index (χ1n) is 23.9. The summed E-state index contributed by atoms with van der Waals surface area (Å²) in [5, 5.41) is 13.7. The monoisotopic (exact) mass is 976 g/mol. The summed E-state index contributed by atoms with van der Waals surface area (Å²) in [5.41, 5.74) is 18.7. The Morgan fingerprint density at radius 3 is 1.51 bits per heavy atom. The summed E-state index contributed by atoms with van der Waals surface area (Å²) in [5.74, 6) is -6.79. The Bertz CT molecular complexity index is 2420. The molecule has 0 unspecified atom stereocenters. The zero-order valence-electron chi connectivity index (χ0n) is 39.8. The number of carbonyl (C=O) groups excluding carboxylic acids is 9. The maximum absolute atomic E-state index is 14.6. The average molecular weight is 977 g/mol. The molecule has 3 aromatic carbocycles. The van der Waals surface area contributed by atoms with Crippen LogP contribution in [0.1, 0.15) is 61.6 Å². The molecule has 6 rings (SSSR count). The molecule has 7 atom stereocenters. The fourth-order valence-electron chi connectivity index (χ4n) is 9.21. The van der Waals surface area contributed by atoms with Crippen LogP contribution < -0.4 is 43.8 Å². The van der Waals surface area contributed by atoms with Gasteiger partial charge < -0.3 is 58.5 Å². The first-order chi connectivity index (χ1) is 34.1. The molecule has 3 saturated heterocycles. The number of guanidine groups is 1.